The Balaban J connectivity index is 2.97. The van der Waals surface area contributed by atoms with Gasteiger partial charge in [0.2, 0.25) is 5.91 Å². The molecule has 0 fully saturated rings. The van der Waals surface area contributed by atoms with Crippen LogP contribution in [-0.2, 0) is 4.79 Å². The van der Waals surface area contributed by atoms with Crippen LogP contribution in [0.3, 0.4) is 0 Å². The molecular weight excluding hydrogens is 186 g/mol. The van der Waals surface area contributed by atoms with Gasteiger partial charge in [-0.25, -0.2) is 0 Å². The fourth-order valence-corrected chi connectivity index (χ4v) is 0.552. The van der Waals surface area contributed by atoms with Gasteiger partial charge in [0.25, 0.3) is 0 Å². The van der Waals surface area contributed by atoms with Gasteiger partial charge in [-0.1, -0.05) is 15.9 Å². The number of nitrogens with one attached hydrogen (secondary N) is 1. The number of hydrogen-bond acceptors (Lipinski definition) is 2. The quantitative estimate of drug-likeness (QED) is 0.486. The minimum Gasteiger partial charge on any atom is -0.396 e. The standard InChI is InChI=1S/C5H10BrNO2/c6-4-5(9)7-2-1-3-8/h8H,1-4H2,(H,7,9). The first kappa shape index (κ1) is 8.91. The molecule has 0 aliphatic heterocycles. The molecule has 0 unspecified atom stereocenters. The highest BCUT2D eigenvalue weighted by molar-refractivity contribution is 9.09. The number of carbonyl (C=O) groups excluding carboxylic acids is 1. The van der Waals surface area contributed by atoms with E-state index in [0.717, 1.165) is 0 Å². The van der Waals surface area contributed by atoms with E-state index in [0.29, 0.717) is 18.3 Å². The van der Waals surface area contributed by atoms with Crippen LogP contribution in [0, 0.1) is 0 Å². The van der Waals surface area contributed by atoms with Crippen LogP contribution in [0.25, 0.3) is 0 Å². The Hall–Kier alpha value is -0.0900. The van der Waals surface area contributed by atoms with Crippen LogP contribution in [0.1, 0.15) is 6.42 Å². The summed E-state index contributed by atoms with van der Waals surface area (Å²) < 4.78 is 0. The summed E-state index contributed by atoms with van der Waals surface area (Å²) in [7, 11) is 0. The average Bonchev–Trinajstić information content (AvgIpc) is 1.89. The number of amides is 1. The van der Waals surface area contributed by atoms with Crippen LogP contribution < -0.4 is 5.32 Å². The van der Waals surface area contributed by atoms with Crippen molar-refractivity contribution in [2.24, 2.45) is 0 Å². The van der Waals surface area contributed by atoms with Crippen molar-refractivity contribution >= 4 is 21.8 Å². The Morgan fingerprint density at radius 3 is 2.78 bits per heavy atom. The Morgan fingerprint density at radius 2 is 2.33 bits per heavy atom. The fraction of sp³-hybridized carbons (Fsp3) is 0.800. The molecule has 0 aliphatic rings. The molecular formula is C5H10BrNO2. The molecule has 4 heteroatoms. The minimum absolute atomic E-state index is 0.0385. The molecule has 54 valence electrons. The summed E-state index contributed by atoms with van der Waals surface area (Å²) in [6, 6.07) is 0. The van der Waals surface area contributed by atoms with E-state index in [1.165, 1.54) is 0 Å². The molecule has 0 aromatic carbocycles. The summed E-state index contributed by atoms with van der Waals surface area (Å²) in [5.41, 5.74) is 0. The Morgan fingerprint density at radius 1 is 1.67 bits per heavy atom. The Kier molecular flexibility index (Phi) is 5.98. The van der Waals surface area contributed by atoms with Gasteiger partial charge in [-0.2, -0.15) is 0 Å². The first-order valence-corrected chi connectivity index (χ1v) is 3.87. The van der Waals surface area contributed by atoms with E-state index in [-0.39, 0.29) is 12.5 Å². The predicted molar refractivity (Wildman–Crippen MR) is 38.5 cm³/mol. The molecule has 0 atom stereocenters. The molecule has 2 N–H and O–H groups in total. The summed E-state index contributed by atoms with van der Waals surface area (Å²) in [5, 5.41) is 11.2. The third-order valence-electron chi connectivity index (χ3n) is 0.778. The van der Waals surface area contributed by atoms with Gasteiger partial charge in [0, 0.05) is 13.2 Å². The summed E-state index contributed by atoms with van der Waals surface area (Å²) in [6.07, 6.45) is 0.624. The van der Waals surface area contributed by atoms with E-state index in [4.69, 9.17) is 5.11 Å². The fourth-order valence-electron chi connectivity index (χ4n) is 0.354. The summed E-state index contributed by atoms with van der Waals surface area (Å²) in [4.78, 5) is 10.4. The van der Waals surface area contributed by atoms with E-state index in [9.17, 15) is 4.79 Å². The van der Waals surface area contributed by atoms with Crippen molar-refractivity contribution in [3.63, 3.8) is 0 Å². The van der Waals surface area contributed by atoms with Gasteiger partial charge in [0.15, 0.2) is 0 Å². The number of carbonyl (C=O) groups is 1. The Bertz CT molecular complexity index is 87.0. The molecule has 0 aliphatic carbocycles. The largest absolute Gasteiger partial charge is 0.396 e. The van der Waals surface area contributed by atoms with Gasteiger partial charge < -0.3 is 10.4 Å². The number of aliphatic hydroxyl groups is 1. The second kappa shape index (κ2) is 6.04. The number of hydrogen-bond donors (Lipinski definition) is 2. The normalized spacial score (nSPS) is 9.11. The second-order valence-electron chi connectivity index (χ2n) is 1.56. The summed E-state index contributed by atoms with van der Waals surface area (Å²) in [6.45, 7) is 0.684. The lowest BCUT2D eigenvalue weighted by atomic mass is 10.4. The van der Waals surface area contributed by atoms with Gasteiger partial charge in [-0.05, 0) is 6.42 Å². The molecule has 0 spiro atoms. The highest BCUT2D eigenvalue weighted by Crippen LogP contribution is 1.78. The maximum atomic E-state index is 10.4. The van der Waals surface area contributed by atoms with Crippen molar-refractivity contribution < 1.29 is 9.90 Å². The molecule has 9 heavy (non-hydrogen) atoms. The number of halogens is 1. The van der Waals surface area contributed by atoms with Crippen molar-refractivity contribution in [3.8, 4) is 0 Å². The summed E-state index contributed by atoms with van der Waals surface area (Å²) >= 11 is 2.99. The first-order chi connectivity index (χ1) is 4.31. The smallest absolute Gasteiger partial charge is 0.230 e. The van der Waals surface area contributed by atoms with Crippen molar-refractivity contribution in [1.29, 1.82) is 0 Å². The van der Waals surface area contributed by atoms with Gasteiger partial charge in [-0.15, -0.1) is 0 Å². The molecule has 0 aromatic rings. The molecule has 0 rings (SSSR count). The highest BCUT2D eigenvalue weighted by Gasteiger charge is 1.93. The molecule has 0 aromatic heterocycles. The van der Waals surface area contributed by atoms with Gasteiger partial charge in [0.1, 0.15) is 0 Å². The van der Waals surface area contributed by atoms with E-state index >= 15 is 0 Å². The van der Waals surface area contributed by atoms with Gasteiger partial charge in [0.05, 0.1) is 5.33 Å². The highest BCUT2D eigenvalue weighted by atomic mass is 79.9. The lowest BCUT2D eigenvalue weighted by molar-refractivity contribution is -0.118. The van der Waals surface area contributed by atoms with E-state index in [2.05, 4.69) is 21.2 Å². The minimum atomic E-state index is -0.0385. The van der Waals surface area contributed by atoms with Crippen LogP contribution in [-0.4, -0.2) is 29.5 Å². The molecule has 0 saturated heterocycles. The SMILES string of the molecule is O=C(CBr)NCCCO. The number of alkyl halides is 1. The zero-order valence-electron chi connectivity index (χ0n) is 5.06. The first-order valence-electron chi connectivity index (χ1n) is 2.74. The maximum absolute atomic E-state index is 10.4. The third-order valence-corrected chi connectivity index (χ3v) is 1.29. The van der Waals surface area contributed by atoms with Crippen LogP contribution in [0.4, 0.5) is 0 Å². The van der Waals surface area contributed by atoms with Gasteiger partial charge >= 0.3 is 0 Å². The molecule has 0 radical (unpaired) electrons. The van der Waals surface area contributed by atoms with E-state index in [1.807, 2.05) is 0 Å². The van der Waals surface area contributed by atoms with Gasteiger partial charge in [-0.3, -0.25) is 4.79 Å². The van der Waals surface area contributed by atoms with Crippen molar-refractivity contribution in [3.05, 3.63) is 0 Å². The zero-order valence-corrected chi connectivity index (χ0v) is 6.65. The lowest BCUT2D eigenvalue weighted by Gasteiger charge is -1.98. The second-order valence-corrected chi connectivity index (χ2v) is 2.12. The monoisotopic (exact) mass is 195 g/mol. The van der Waals surface area contributed by atoms with Crippen molar-refractivity contribution in [1.82, 2.24) is 5.32 Å². The molecule has 0 bridgehead atoms. The van der Waals surface area contributed by atoms with Crippen molar-refractivity contribution in [2.45, 2.75) is 6.42 Å². The van der Waals surface area contributed by atoms with Crippen molar-refractivity contribution in [2.75, 3.05) is 18.5 Å². The molecule has 0 saturated carbocycles. The lowest BCUT2D eigenvalue weighted by Crippen LogP contribution is -2.25. The third kappa shape index (κ3) is 5.79. The average molecular weight is 196 g/mol. The molecule has 1 amide bonds. The predicted octanol–water partition coefficient (Wildman–Crippen LogP) is -0.120. The molecule has 0 heterocycles. The Labute approximate surface area is 62.6 Å². The van der Waals surface area contributed by atoms with Crippen LogP contribution in [0.15, 0.2) is 0 Å². The number of rotatable bonds is 4. The number of aliphatic hydroxyl groups excluding tert-OH is 1. The summed E-state index contributed by atoms with van der Waals surface area (Å²) in [5.74, 6) is -0.0385. The topological polar surface area (TPSA) is 49.3 Å². The van der Waals surface area contributed by atoms with E-state index in [1.54, 1.807) is 0 Å². The van der Waals surface area contributed by atoms with E-state index < -0.39 is 0 Å². The van der Waals surface area contributed by atoms with Crippen LogP contribution in [0.5, 0.6) is 0 Å². The van der Waals surface area contributed by atoms with Crippen LogP contribution in [0.2, 0.25) is 0 Å². The maximum Gasteiger partial charge on any atom is 0.230 e. The zero-order chi connectivity index (χ0) is 7.11. The molecule has 3 nitrogen and oxygen atoms in total. The van der Waals surface area contributed by atoms with Crippen LogP contribution >= 0.6 is 15.9 Å².